The molecule has 1 aliphatic rings. The average molecular weight is 209 g/mol. The van der Waals surface area contributed by atoms with Crippen LogP contribution in [0.1, 0.15) is 25.0 Å². The van der Waals surface area contributed by atoms with Crippen molar-refractivity contribution < 1.29 is 0 Å². The third kappa shape index (κ3) is 3.60. The molecule has 0 unspecified atom stereocenters. The van der Waals surface area contributed by atoms with Crippen LogP contribution in [0.4, 0.5) is 0 Å². The highest BCUT2D eigenvalue weighted by atomic mass is 15.4. The second-order valence-electron chi connectivity index (χ2n) is 4.19. The van der Waals surface area contributed by atoms with E-state index in [9.17, 15) is 0 Å². The quantitative estimate of drug-likeness (QED) is 0.669. The van der Waals surface area contributed by atoms with Crippen LogP contribution < -0.4 is 11.1 Å². The molecule has 1 heterocycles. The predicted molar refractivity (Wildman–Crippen MR) is 58.1 cm³/mol. The summed E-state index contributed by atoms with van der Waals surface area (Å²) in [6, 6.07) is 0. The van der Waals surface area contributed by atoms with Gasteiger partial charge in [0.25, 0.3) is 0 Å². The van der Waals surface area contributed by atoms with Gasteiger partial charge < -0.3 is 11.1 Å². The fourth-order valence-electron chi connectivity index (χ4n) is 1.51. The number of hydrogen-bond donors (Lipinski definition) is 2. The van der Waals surface area contributed by atoms with Crippen LogP contribution in [0.15, 0.2) is 6.20 Å². The van der Waals surface area contributed by atoms with Crippen LogP contribution in [0, 0.1) is 5.92 Å². The second kappa shape index (κ2) is 5.23. The van der Waals surface area contributed by atoms with E-state index in [4.69, 9.17) is 5.73 Å². The maximum atomic E-state index is 5.43. The van der Waals surface area contributed by atoms with Gasteiger partial charge in [-0.15, -0.1) is 5.10 Å². The Morgan fingerprint density at radius 3 is 3.13 bits per heavy atom. The van der Waals surface area contributed by atoms with Crippen LogP contribution in [0.2, 0.25) is 0 Å². The zero-order valence-corrected chi connectivity index (χ0v) is 9.02. The van der Waals surface area contributed by atoms with Crippen molar-refractivity contribution in [3.63, 3.8) is 0 Å². The summed E-state index contributed by atoms with van der Waals surface area (Å²) in [4.78, 5) is 0. The zero-order chi connectivity index (χ0) is 10.5. The van der Waals surface area contributed by atoms with E-state index in [-0.39, 0.29) is 0 Å². The van der Waals surface area contributed by atoms with Gasteiger partial charge in [0, 0.05) is 19.3 Å². The van der Waals surface area contributed by atoms with Crippen LogP contribution in [0.25, 0.3) is 0 Å². The van der Waals surface area contributed by atoms with Gasteiger partial charge in [-0.1, -0.05) is 5.21 Å². The molecule has 1 aromatic heterocycles. The summed E-state index contributed by atoms with van der Waals surface area (Å²) in [7, 11) is 0. The minimum atomic E-state index is 0.703. The number of rotatable bonds is 7. The van der Waals surface area contributed by atoms with Gasteiger partial charge in [-0.05, 0) is 38.3 Å². The van der Waals surface area contributed by atoms with E-state index in [0.29, 0.717) is 6.54 Å². The highest BCUT2D eigenvalue weighted by Crippen LogP contribution is 2.27. The molecule has 0 radical (unpaired) electrons. The van der Waals surface area contributed by atoms with Gasteiger partial charge in [-0.2, -0.15) is 0 Å². The zero-order valence-electron chi connectivity index (χ0n) is 9.02. The summed E-state index contributed by atoms with van der Waals surface area (Å²) in [6.07, 6.45) is 5.72. The van der Waals surface area contributed by atoms with Crippen molar-refractivity contribution in [2.75, 3.05) is 13.1 Å². The first-order chi connectivity index (χ1) is 7.38. The Morgan fingerprint density at radius 2 is 2.40 bits per heavy atom. The summed E-state index contributed by atoms with van der Waals surface area (Å²) in [5.41, 5.74) is 6.45. The Hall–Kier alpha value is -0.940. The Morgan fingerprint density at radius 1 is 1.53 bits per heavy atom. The van der Waals surface area contributed by atoms with Crippen LogP contribution in [-0.4, -0.2) is 28.1 Å². The molecule has 0 atom stereocenters. The van der Waals surface area contributed by atoms with E-state index in [1.54, 1.807) is 0 Å². The van der Waals surface area contributed by atoms with Crippen molar-refractivity contribution in [3.05, 3.63) is 11.9 Å². The summed E-state index contributed by atoms with van der Waals surface area (Å²) in [6.45, 7) is 3.52. The molecule has 5 nitrogen and oxygen atoms in total. The summed E-state index contributed by atoms with van der Waals surface area (Å²) >= 11 is 0. The number of nitrogens with one attached hydrogen (secondary N) is 1. The van der Waals surface area contributed by atoms with E-state index in [1.165, 1.54) is 12.8 Å². The summed E-state index contributed by atoms with van der Waals surface area (Å²) in [5, 5.41) is 11.5. The van der Waals surface area contributed by atoms with Gasteiger partial charge in [0.15, 0.2) is 0 Å². The van der Waals surface area contributed by atoms with Crippen molar-refractivity contribution in [1.29, 1.82) is 0 Å². The van der Waals surface area contributed by atoms with Gasteiger partial charge in [-0.25, -0.2) is 0 Å². The first kappa shape index (κ1) is 10.6. The lowest BCUT2D eigenvalue weighted by molar-refractivity contribution is 0.564. The van der Waals surface area contributed by atoms with Crippen molar-refractivity contribution in [2.24, 2.45) is 11.7 Å². The molecule has 0 aliphatic heterocycles. The summed E-state index contributed by atoms with van der Waals surface area (Å²) in [5.74, 6) is 0.914. The Labute approximate surface area is 90.0 Å². The molecule has 84 valence electrons. The molecule has 1 aliphatic carbocycles. The lowest BCUT2D eigenvalue weighted by Crippen LogP contribution is -2.16. The monoisotopic (exact) mass is 209 g/mol. The molecular weight excluding hydrogens is 190 g/mol. The van der Waals surface area contributed by atoms with Crippen LogP contribution in [0.5, 0.6) is 0 Å². The van der Waals surface area contributed by atoms with E-state index < -0.39 is 0 Å². The normalized spacial score (nSPS) is 15.8. The molecule has 3 N–H and O–H groups in total. The number of nitrogens with zero attached hydrogens (tertiary/aromatic N) is 3. The van der Waals surface area contributed by atoms with Crippen molar-refractivity contribution in [2.45, 2.75) is 32.4 Å². The first-order valence-corrected chi connectivity index (χ1v) is 5.68. The Bertz CT molecular complexity index is 292. The number of hydrogen-bond acceptors (Lipinski definition) is 4. The van der Waals surface area contributed by atoms with Gasteiger partial charge >= 0.3 is 0 Å². The molecule has 15 heavy (non-hydrogen) atoms. The average Bonchev–Trinajstić information content (AvgIpc) is 2.95. The lowest BCUT2D eigenvalue weighted by atomic mass is 10.4. The third-order valence-electron chi connectivity index (χ3n) is 2.61. The van der Waals surface area contributed by atoms with Crippen LogP contribution >= 0.6 is 0 Å². The molecule has 0 bridgehead atoms. The molecule has 0 aromatic carbocycles. The molecule has 0 amide bonds. The molecule has 1 saturated carbocycles. The minimum absolute atomic E-state index is 0.703. The van der Waals surface area contributed by atoms with E-state index in [1.807, 2.05) is 10.9 Å². The Kier molecular flexibility index (Phi) is 3.69. The standard InChI is InChI=1S/C10H19N5/c11-4-1-5-15-8-10(13-14-15)7-12-6-9-2-3-9/h8-9,12H,1-7,11H2. The molecule has 1 aromatic rings. The molecular formula is C10H19N5. The predicted octanol–water partition coefficient (Wildman–Crippen LogP) is 0.126. The molecule has 1 fully saturated rings. The SMILES string of the molecule is NCCCn1cc(CNCC2CC2)nn1. The van der Waals surface area contributed by atoms with Crippen molar-refractivity contribution >= 4 is 0 Å². The van der Waals surface area contributed by atoms with E-state index in [0.717, 1.165) is 37.7 Å². The van der Waals surface area contributed by atoms with Gasteiger partial charge in [0.2, 0.25) is 0 Å². The van der Waals surface area contributed by atoms with Gasteiger partial charge in [0.05, 0.1) is 5.69 Å². The number of aryl methyl sites for hydroxylation is 1. The second-order valence-corrected chi connectivity index (χ2v) is 4.19. The highest BCUT2D eigenvalue weighted by Gasteiger charge is 2.20. The third-order valence-corrected chi connectivity index (χ3v) is 2.61. The van der Waals surface area contributed by atoms with E-state index in [2.05, 4.69) is 15.6 Å². The van der Waals surface area contributed by atoms with Crippen LogP contribution in [0.3, 0.4) is 0 Å². The van der Waals surface area contributed by atoms with Crippen molar-refractivity contribution in [1.82, 2.24) is 20.3 Å². The van der Waals surface area contributed by atoms with Crippen molar-refractivity contribution in [3.8, 4) is 0 Å². The molecule has 2 rings (SSSR count). The maximum absolute atomic E-state index is 5.43. The molecule has 5 heteroatoms. The number of nitrogens with two attached hydrogens (primary N) is 1. The van der Waals surface area contributed by atoms with Gasteiger partial charge in [-0.3, -0.25) is 4.68 Å². The first-order valence-electron chi connectivity index (χ1n) is 5.68. The molecule has 0 saturated heterocycles. The fraction of sp³-hybridized carbons (Fsp3) is 0.800. The highest BCUT2D eigenvalue weighted by molar-refractivity contribution is 4.92. The van der Waals surface area contributed by atoms with Gasteiger partial charge in [0.1, 0.15) is 0 Å². The van der Waals surface area contributed by atoms with Crippen LogP contribution in [-0.2, 0) is 13.1 Å². The largest absolute Gasteiger partial charge is 0.330 e. The lowest BCUT2D eigenvalue weighted by Gasteiger charge is -1.98. The maximum Gasteiger partial charge on any atom is 0.0964 e. The topological polar surface area (TPSA) is 68.8 Å². The minimum Gasteiger partial charge on any atom is -0.330 e. The smallest absolute Gasteiger partial charge is 0.0964 e. The number of aromatic nitrogens is 3. The fourth-order valence-corrected chi connectivity index (χ4v) is 1.51. The Balaban J connectivity index is 1.68. The summed E-state index contributed by atoms with van der Waals surface area (Å²) < 4.78 is 1.86. The van der Waals surface area contributed by atoms with E-state index >= 15 is 0 Å². The molecule has 0 spiro atoms.